The molecule has 4 atom stereocenters. The highest BCUT2D eigenvalue weighted by molar-refractivity contribution is 5.89. The first-order valence-electron chi connectivity index (χ1n) is 12.2. The van der Waals surface area contributed by atoms with Crippen LogP contribution in [-0.2, 0) is 16.0 Å². The number of benzene rings is 3. The summed E-state index contributed by atoms with van der Waals surface area (Å²) in [6.07, 6.45) is 0.929. The molecule has 0 saturated carbocycles. The summed E-state index contributed by atoms with van der Waals surface area (Å²) >= 11 is 0. The Morgan fingerprint density at radius 3 is 2.36 bits per heavy atom. The molecular formula is C29H30N2O5. The number of methoxy groups -OCH3 is 3. The van der Waals surface area contributed by atoms with E-state index in [9.17, 15) is 4.79 Å². The summed E-state index contributed by atoms with van der Waals surface area (Å²) in [6.45, 7) is 0.518. The first-order chi connectivity index (χ1) is 17.6. The molecule has 2 saturated heterocycles. The van der Waals surface area contributed by atoms with E-state index in [0.717, 1.165) is 22.4 Å². The highest BCUT2D eigenvalue weighted by atomic mass is 16.5. The average Bonchev–Trinajstić information content (AvgIpc) is 3.45. The molecule has 3 aromatic carbocycles. The van der Waals surface area contributed by atoms with Crippen LogP contribution in [0.1, 0.15) is 35.4 Å². The summed E-state index contributed by atoms with van der Waals surface area (Å²) in [6, 6.07) is 21.7. The quantitative estimate of drug-likeness (QED) is 0.562. The topological polar surface area (TPSA) is 69.3 Å². The molecule has 186 valence electrons. The van der Waals surface area contributed by atoms with Gasteiger partial charge in [0.1, 0.15) is 5.75 Å². The van der Waals surface area contributed by atoms with Crippen LogP contribution in [0.5, 0.6) is 17.2 Å². The first kappa shape index (κ1) is 22.7. The number of ether oxygens (including phenoxy) is 4. The lowest BCUT2D eigenvalue weighted by molar-refractivity contribution is -0.143. The Kier molecular flexibility index (Phi) is 5.52. The molecule has 1 amide bonds. The number of anilines is 1. The third-order valence-electron chi connectivity index (χ3n) is 7.86. The van der Waals surface area contributed by atoms with E-state index in [1.54, 1.807) is 21.3 Å². The Hall–Kier alpha value is -3.71. The van der Waals surface area contributed by atoms with Crippen molar-refractivity contribution < 1.29 is 23.7 Å². The van der Waals surface area contributed by atoms with Crippen LogP contribution >= 0.6 is 0 Å². The molecular weight excluding hydrogens is 456 g/mol. The summed E-state index contributed by atoms with van der Waals surface area (Å²) in [7, 11) is 4.86. The zero-order chi connectivity index (χ0) is 24.9. The fraction of sp³-hybridized carbons (Fsp3) is 0.345. The van der Waals surface area contributed by atoms with E-state index < -0.39 is 5.41 Å². The van der Waals surface area contributed by atoms with Gasteiger partial charge >= 0.3 is 0 Å². The lowest BCUT2D eigenvalue weighted by atomic mass is 9.68. The summed E-state index contributed by atoms with van der Waals surface area (Å²) in [4.78, 5) is 16.5. The maximum absolute atomic E-state index is 14.5. The fourth-order valence-electron chi connectivity index (χ4n) is 6.22. The number of fused-ring (bicyclic) bond motifs is 2. The zero-order valence-corrected chi connectivity index (χ0v) is 20.7. The Morgan fingerprint density at radius 2 is 1.61 bits per heavy atom. The van der Waals surface area contributed by atoms with Gasteiger partial charge in [-0.05, 0) is 30.5 Å². The van der Waals surface area contributed by atoms with E-state index >= 15 is 0 Å². The number of carbonyl (C=O) groups excluding carboxylic acids is 1. The van der Waals surface area contributed by atoms with Gasteiger partial charge in [0.2, 0.25) is 5.91 Å². The van der Waals surface area contributed by atoms with E-state index in [2.05, 4.69) is 17.4 Å². The lowest BCUT2D eigenvalue weighted by Crippen LogP contribution is -2.46. The molecule has 0 unspecified atom stereocenters. The summed E-state index contributed by atoms with van der Waals surface area (Å²) < 4.78 is 23.1. The number of hydrogen-bond acceptors (Lipinski definition) is 6. The van der Waals surface area contributed by atoms with Crippen molar-refractivity contribution in [2.24, 2.45) is 5.41 Å². The normalized spacial score (nSPS) is 26.4. The van der Waals surface area contributed by atoms with Gasteiger partial charge < -0.3 is 29.2 Å². The number of amides is 1. The Bertz CT molecular complexity index is 1300. The Balaban J connectivity index is 1.49. The molecule has 0 radical (unpaired) electrons. The number of rotatable bonds is 5. The van der Waals surface area contributed by atoms with Crippen molar-refractivity contribution in [2.75, 3.05) is 33.3 Å². The van der Waals surface area contributed by atoms with Gasteiger partial charge in [-0.15, -0.1) is 0 Å². The molecule has 3 aliphatic heterocycles. The molecule has 3 aromatic rings. The molecule has 1 N–H and O–H groups in total. The predicted octanol–water partition coefficient (Wildman–Crippen LogP) is 4.74. The van der Waals surface area contributed by atoms with Crippen molar-refractivity contribution in [2.45, 2.75) is 31.2 Å². The minimum atomic E-state index is -0.706. The predicted molar refractivity (Wildman–Crippen MR) is 135 cm³/mol. The largest absolute Gasteiger partial charge is 0.496 e. The molecule has 0 aliphatic carbocycles. The van der Waals surface area contributed by atoms with Gasteiger partial charge in [-0.3, -0.25) is 4.79 Å². The van der Waals surface area contributed by atoms with E-state index in [1.807, 2.05) is 59.5 Å². The van der Waals surface area contributed by atoms with Gasteiger partial charge in [0.15, 0.2) is 17.7 Å². The van der Waals surface area contributed by atoms with Gasteiger partial charge in [-0.1, -0.05) is 48.5 Å². The molecule has 7 nitrogen and oxygen atoms in total. The molecule has 36 heavy (non-hydrogen) atoms. The van der Waals surface area contributed by atoms with Crippen LogP contribution in [0.4, 0.5) is 5.69 Å². The first-order valence-corrected chi connectivity index (χ1v) is 12.2. The molecule has 7 heteroatoms. The second-order valence-corrected chi connectivity index (χ2v) is 9.68. The standard InChI is InChI=1S/C29H30N2O5/c1-33-23-14-25(35-3)24(34-2)13-21(23)26-29(15-19-11-7-8-12-22(19)30-26)16-20-17-36-27(31(20)28(29)32)18-9-5-4-6-10-18/h4-14,20,26-27,30H,15-17H2,1-3H3/t20-,26-,27+,29-/m1/s1. The smallest absolute Gasteiger partial charge is 0.234 e. The molecule has 1 spiro atoms. The van der Waals surface area contributed by atoms with Crippen LogP contribution in [-0.4, -0.2) is 44.8 Å². The van der Waals surface area contributed by atoms with Crippen molar-refractivity contribution in [1.82, 2.24) is 4.90 Å². The minimum Gasteiger partial charge on any atom is -0.496 e. The van der Waals surface area contributed by atoms with Gasteiger partial charge in [0.05, 0.1) is 45.4 Å². The van der Waals surface area contributed by atoms with Crippen molar-refractivity contribution >= 4 is 11.6 Å². The van der Waals surface area contributed by atoms with Gasteiger partial charge in [0, 0.05) is 22.9 Å². The summed E-state index contributed by atoms with van der Waals surface area (Å²) in [5.41, 5.74) is 3.33. The van der Waals surface area contributed by atoms with Crippen LogP contribution in [0.15, 0.2) is 66.7 Å². The molecule has 2 fully saturated rings. The number of nitrogens with zero attached hydrogens (tertiary/aromatic N) is 1. The SMILES string of the molecule is COc1cc(OC)c([C@H]2Nc3ccccc3C[C@@]23C[C@@H]2CO[C@@H](c4ccccc4)N2C3=O)cc1OC. The third kappa shape index (κ3) is 3.33. The highest BCUT2D eigenvalue weighted by Crippen LogP contribution is 2.58. The second kappa shape index (κ2) is 8.75. The Morgan fingerprint density at radius 1 is 0.917 bits per heavy atom. The molecule has 0 aromatic heterocycles. The monoisotopic (exact) mass is 486 g/mol. The number of nitrogens with one attached hydrogen (secondary N) is 1. The highest BCUT2D eigenvalue weighted by Gasteiger charge is 2.62. The Labute approximate surface area is 210 Å². The van der Waals surface area contributed by atoms with E-state index in [1.165, 1.54) is 0 Å². The minimum absolute atomic E-state index is 0.00315. The van der Waals surface area contributed by atoms with Crippen molar-refractivity contribution in [3.8, 4) is 17.2 Å². The maximum atomic E-state index is 14.5. The van der Waals surface area contributed by atoms with Crippen LogP contribution in [0.25, 0.3) is 0 Å². The zero-order valence-electron chi connectivity index (χ0n) is 20.7. The molecule has 3 aliphatic rings. The van der Waals surface area contributed by atoms with Gasteiger partial charge in [-0.25, -0.2) is 0 Å². The number of para-hydroxylation sites is 1. The maximum Gasteiger partial charge on any atom is 0.234 e. The van der Waals surface area contributed by atoms with Gasteiger partial charge in [-0.2, -0.15) is 0 Å². The third-order valence-corrected chi connectivity index (χ3v) is 7.86. The van der Waals surface area contributed by atoms with Crippen molar-refractivity contribution in [3.05, 3.63) is 83.4 Å². The van der Waals surface area contributed by atoms with E-state index in [-0.39, 0.29) is 24.2 Å². The second-order valence-electron chi connectivity index (χ2n) is 9.68. The van der Waals surface area contributed by atoms with Crippen LogP contribution in [0.2, 0.25) is 0 Å². The summed E-state index contributed by atoms with van der Waals surface area (Å²) in [5, 5.41) is 3.72. The number of hydrogen-bond donors (Lipinski definition) is 1. The van der Waals surface area contributed by atoms with Crippen molar-refractivity contribution in [1.29, 1.82) is 0 Å². The number of carbonyl (C=O) groups is 1. The molecule has 3 heterocycles. The van der Waals surface area contributed by atoms with Gasteiger partial charge in [0.25, 0.3) is 0 Å². The molecule has 6 rings (SSSR count). The van der Waals surface area contributed by atoms with E-state index in [0.29, 0.717) is 36.7 Å². The lowest BCUT2D eigenvalue weighted by Gasteiger charge is -2.43. The molecule has 0 bridgehead atoms. The van der Waals surface area contributed by atoms with E-state index in [4.69, 9.17) is 18.9 Å². The summed E-state index contributed by atoms with van der Waals surface area (Å²) in [5.74, 6) is 1.93. The van der Waals surface area contributed by atoms with Crippen LogP contribution in [0, 0.1) is 5.41 Å². The van der Waals surface area contributed by atoms with Crippen LogP contribution < -0.4 is 19.5 Å². The average molecular weight is 487 g/mol. The van der Waals surface area contributed by atoms with Crippen molar-refractivity contribution in [3.63, 3.8) is 0 Å². The van der Waals surface area contributed by atoms with Crippen LogP contribution in [0.3, 0.4) is 0 Å². The fourth-order valence-corrected chi connectivity index (χ4v) is 6.22.